The number of aromatic nitrogens is 2. The molecule has 0 radical (unpaired) electrons. The van der Waals surface area contributed by atoms with Crippen LogP contribution < -0.4 is 5.56 Å². The van der Waals surface area contributed by atoms with Gasteiger partial charge in [-0.3, -0.25) is 4.79 Å². The molecule has 0 unspecified atom stereocenters. The third-order valence-corrected chi connectivity index (χ3v) is 3.87. The average molecular weight is 394 g/mol. The fourth-order valence-electron chi connectivity index (χ4n) is 1.80. The Bertz CT molecular complexity index is 695. The van der Waals surface area contributed by atoms with Gasteiger partial charge in [0.25, 0.3) is 5.56 Å². The van der Waals surface area contributed by atoms with E-state index < -0.39 is 17.3 Å². The number of alkyl halides is 3. The summed E-state index contributed by atoms with van der Waals surface area (Å²) >= 11 is 1.84. The van der Waals surface area contributed by atoms with Crippen molar-refractivity contribution in [3.63, 3.8) is 0 Å². The van der Waals surface area contributed by atoms with Gasteiger partial charge < -0.3 is 4.98 Å². The lowest BCUT2D eigenvalue weighted by atomic mass is 10.1. The molecule has 1 N–H and O–H groups in total. The second-order valence-electron chi connectivity index (χ2n) is 4.07. The Morgan fingerprint density at radius 2 is 1.95 bits per heavy atom. The van der Waals surface area contributed by atoms with Gasteiger partial charge in [-0.25, -0.2) is 4.98 Å². The highest BCUT2D eigenvalue weighted by molar-refractivity contribution is 14.1. The number of hydrogen-bond acceptors (Lipinski definition) is 2. The van der Waals surface area contributed by atoms with Gasteiger partial charge in [-0.05, 0) is 35.1 Å². The fraction of sp³-hybridized carbons (Fsp3) is 0.231. The van der Waals surface area contributed by atoms with Crippen molar-refractivity contribution in [2.24, 2.45) is 0 Å². The fourth-order valence-corrected chi connectivity index (χ4v) is 2.44. The van der Waals surface area contributed by atoms with Crippen LogP contribution in [0.15, 0.2) is 29.1 Å². The van der Waals surface area contributed by atoms with E-state index in [2.05, 4.69) is 9.97 Å². The van der Waals surface area contributed by atoms with Gasteiger partial charge in [-0.2, -0.15) is 13.2 Å². The first-order valence-corrected chi connectivity index (χ1v) is 6.87. The highest BCUT2D eigenvalue weighted by atomic mass is 127. The topological polar surface area (TPSA) is 45.8 Å². The molecule has 3 nitrogen and oxygen atoms in total. The van der Waals surface area contributed by atoms with Crippen molar-refractivity contribution in [3.8, 4) is 11.4 Å². The molecule has 0 aliphatic heterocycles. The number of halogens is 4. The van der Waals surface area contributed by atoms with Gasteiger partial charge in [0.05, 0.1) is 14.8 Å². The van der Waals surface area contributed by atoms with E-state index in [0.717, 1.165) is 6.07 Å². The monoisotopic (exact) mass is 394 g/mol. The van der Waals surface area contributed by atoms with Crippen LogP contribution in [-0.2, 0) is 12.6 Å². The van der Waals surface area contributed by atoms with E-state index in [1.807, 2.05) is 22.6 Å². The first kappa shape index (κ1) is 15.0. The highest BCUT2D eigenvalue weighted by Gasteiger charge is 2.34. The number of hydrogen-bond donors (Lipinski definition) is 1. The van der Waals surface area contributed by atoms with E-state index in [9.17, 15) is 18.0 Å². The number of H-pyrrole nitrogens is 1. The minimum Gasteiger partial charge on any atom is -0.306 e. The van der Waals surface area contributed by atoms with Gasteiger partial charge >= 0.3 is 6.18 Å². The number of benzene rings is 1. The SMILES string of the molecule is CCc1nc(-c2ccccc2C(F)(F)F)[nH]c(=O)c1I. The van der Waals surface area contributed by atoms with Gasteiger partial charge in [-0.15, -0.1) is 0 Å². The molecule has 0 aliphatic carbocycles. The molecule has 7 heteroatoms. The summed E-state index contributed by atoms with van der Waals surface area (Å²) in [5, 5.41) is 0. The van der Waals surface area contributed by atoms with Crippen molar-refractivity contribution in [2.75, 3.05) is 0 Å². The summed E-state index contributed by atoms with van der Waals surface area (Å²) in [4.78, 5) is 18.3. The lowest BCUT2D eigenvalue weighted by Crippen LogP contribution is -2.17. The van der Waals surface area contributed by atoms with E-state index in [1.54, 1.807) is 6.92 Å². The summed E-state index contributed by atoms with van der Waals surface area (Å²) in [6, 6.07) is 5.05. The van der Waals surface area contributed by atoms with Gasteiger partial charge in [0.2, 0.25) is 0 Å². The summed E-state index contributed by atoms with van der Waals surface area (Å²) < 4.78 is 39.3. The zero-order valence-electron chi connectivity index (χ0n) is 10.4. The molecule has 0 saturated heterocycles. The van der Waals surface area contributed by atoms with Crippen LogP contribution in [0.2, 0.25) is 0 Å². The predicted molar refractivity (Wildman–Crippen MR) is 77.4 cm³/mol. The Labute approximate surface area is 126 Å². The number of aromatic amines is 1. The van der Waals surface area contributed by atoms with Gasteiger partial charge in [0, 0.05) is 5.56 Å². The van der Waals surface area contributed by atoms with Crippen molar-refractivity contribution in [3.05, 3.63) is 49.4 Å². The van der Waals surface area contributed by atoms with Crippen LogP contribution in [-0.4, -0.2) is 9.97 Å². The standard InChI is InChI=1S/C13H10F3IN2O/c1-2-9-10(17)12(20)19-11(18-9)7-5-3-4-6-8(7)13(14,15)16/h3-6H,2H2,1H3,(H,18,19,20). The maximum atomic E-state index is 13.0. The van der Waals surface area contributed by atoms with Crippen molar-refractivity contribution >= 4 is 22.6 Å². The van der Waals surface area contributed by atoms with Crippen LogP contribution in [0.25, 0.3) is 11.4 Å². The second-order valence-corrected chi connectivity index (χ2v) is 5.15. The molecule has 0 aliphatic rings. The minimum absolute atomic E-state index is 0.0554. The number of nitrogens with zero attached hydrogens (tertiary/aromatic N) is 1. The third kappa shape index (κ3) is 2.87. The van der Waals surface area contributed by atoms with Crippen molar-refractivity contribution in [1.29, 1.82) is 0 Å². The summed E-state index contributed by atoms with van der Waals surface area (Å²) in [6.45, 7) is 1.80. The molecule has 0 atom stereocenters. The normalized spacial score (nSPS) is 11.7. The molecule has 20 heavy (non-hydrogen) atoms. The maximum absolute atomic E-state index is 13.0. The smallest absolute Gasteiger partial charge is 0.306 e. The number of rotatable bonds is 2. The van der Waals surface area contributed by atoms with Crippen LogP contribution in [0, 0.1) is 3.57 Å². The Hall–Kier alpha value is -1.38. The largest absolute Gasteiger partial charge is 0.417 e. The summed E-state index contributed by atoms with van der Waals surface area (Å²) in [5.74, 6) is -0.0554. The molecule has 0 fully saturated rings. The van der Waals surface area contributed by atoms with Gasteiger partial charge in [-0.1, -0.05) is 25.1 Å². The zero-order valence-corrected chi connectivity index (χ0v) is 12.5. The molecule has 0 bridgehead atoms. The molecular formula is C13H10F3IN2O. The molecule has 2 aromatic rings. The minimum atomic E-state index is -4.50. The Balaban J connectivity index is 2.70. The molecule has 106 valence electrons. The van der Waals surface area contributed by atoms with Crippen LogP contribution >= 0.6 is 22.6 Å². The Kier molecular flexibility index (Phi) is 4.17. The van der Waals surface area contributed by atoms with Gasteiger partial charge in [0.1, 0.15) is 5.82 Å². The highest BCUT2D eigenvalue weighted by Crippen LogP contribution is 2.35. The summed E-state index contributed by atoms with van der Waals surface area (Å²) in [6.07, 6.45) is -4.02. The summed E-state index contributed by atoms with van der Waals surface area (Å²) in [5.41, 5.74) is -0.875. The Morgan fingerprint density at radius 3 is 2.55 bits per heavy atom. The van der Waals surface area contributed by atoms with Crippen LogP contribution in [0.3, 0.4) is 0 Å². The lowest BCUT2D eigenvalue weighted by molar-refractivity contribution is -0.137. The van der Waals surface area contributed by atoms with E-state index in [1.165, 1.54) is 18.2 Å². The maximum Gasteiger partial charge on any atom is 0.417 e. The first-order valence-electron chi connectivity index (χ1n) is 5.80. The number of nitrogens with one attached hydrogen (secondary N) is 1. The second kappa shape index (κ2) is 5.55. The van der Waals surface area contributed by atoms with E-state index in [-0.39, 0.29) is 11.4 Å². The molecule has 0 saturated carbocycles. The van der Waals surface area contributed by atoms with Crippen molar-refractivity contribution in [1.82, 2.24) is 9.97 Å². The lowest BCUT2D eigenvalue weighted by Gasteiger charge is -2.12. The van der Waals surface area contributed by atoms with E-state index in [4.69, 9.17) is 0 Å². The first-order chi connectivity index (χ1) is 9.34. The third-order valence-electron chi connectivity index (χ3n) is 2.75. The quantitative estimate of drug-likeness (QED) is 0.792. The summed E-state index contributed by atoms with van der Waals surface area (Å²) in [7, 11) is 0. The predicted octanol–water partition coefficient (Wildman–Crippen LogP) is 3.62. The van der Waals surface area contributed by atoms with Gasteiger partial charge in [0.15, 0.2) is 0 Å². The van der Waals surface area contributed by atoms with Crippen molar-refractivity contribution < 1.29 is 13.2 Å². The Morgan fingerprint density at radius 1 is 1.30 bits per heavy atom. The number of aryl methyl sites for hydroxylation is 1. The molecule has 1 heterocycles. The van der Waals surface area contributed by atoms with E-state index in [0.29, 0.717) is 15.7 Å². The average Bonchev–Trinajstić information content (AvgIpc) is 2.40. The van der Waals surface area contributed by atoms with Crippen molar-refractivity contribution in [2.45, 2.75) is 19.5 Å². The molecule has 1 aromatic heterocycles. The zero-order chi connectivity index (χ0) is 14.9. The molecule has 1 aromatic carbocycles. The molecule has 0 spiro atoms. The molecule has 0 amide bonds. The van der Waals surface area contributed by atoms with E-state index >= 15 is 0 Å². The molecule has 2 rings (SSSR count). The van der Waals surface area contributed by atoms with Crippen LogP contribution in [0.4, 0.5) is 13.2 Å². The van der Waals surface area contributed by atoms with Crippen LogP contribution in [0.5, 0.6) is 0 Å². The molecular weight excluding hydrogens is 384 g/mol. The van der Waals surface area contributed by atoms with Crippen LogP contribution in [0.1, 0.15) is 18.2 Å².